The van der Waals surface area contributed by atoms with Crippen LogP contribution in [0.3, 0.4) is 0 Å². The Labute approximate surface area is 126 Å². The zero-order chi connectivity index (χ0) is 15.1. The van der Waals surface area contributed by atoms with Gasteiger partial charge < -0.3 is 4.40 Å². The number of fused-ring (bicyclic) bond motifs is 1. The topological polar surface area (TPSA) is 73.8 Å². The molecule has 4 aromatic heterocycles. The first-order chi connectivity index (χ1) is 10.7. The lowest BCUT2D eigenvalue weighted by Crippen LogP contribution is -2.07. The van der Waals surface area contributed by atoms with Crippen molar-refractivity contribution in [3.05, 3.63) is 54.5 Å². The maximum absolute atomic E-state index is 4.53. The normalized spacial score (nSPS) is 11.2. The smallest absolute Gasteiger partial charge is 0.201 e. The number of hydrogen-bond acceptors (Lipinski definition) is 5. The SMILES string of the molecule is Cc1cnc(-c2ccc3ncc(C)n3c2)c(-n2nccn2)n1. The summed E-state index contributed by atoms with van der Waals surface area (Å²) in [6, 6.07) is 3.94. The number of aromatic nitrogens is 7. The molecule has 0 aliphatic rings. The Bertz CT molecular complexity index is 953. The van der Waals surface area contributed by atoms with Gasteiger partial charge in [0.25, 0.3) is 0 Å². The standard InChI is InChI=1S/C15H13N7/c1-10-7-17-14(15(20-10)22-18-5-6-19-22)12-3-4-13-16-8-11(2)21(13)9-12/h3-9H,1-2H3. The second kappa shape index (κ2) is 4.73. The highest BCUT2D eigenvalue weighted by atomic mass is 15.5. The molecule has 0 bridgehead atoms. The Balaban J connectivity index is 1.96. The van der Waals surface area contributed by atoms with Gasteiger partial charge in [0, 0.05) is 29.8 Å². The van der Waals surface area contributed by atoms with Crippen molar-refractivity contribution in [2.75, 3.05) is 0 Å². The van der Waals surface area contributed by atoms with Crippen LogP contribution in [0.25, 0.3) is 22.7 Å². The van der Waals surface area contributed by atoms with Crippen molar-refractivity contribution in [1.82, 2.24) is 34.3 Å². The third-order valence-electron chi connectivity index (χ3n) is 3.45. The largest absolute Gasteiger partial charge is 0.304 e. The monoisotopic (exact) mass is 291 g/mol. The average molecular weight is 291 g/mol. The summed E-state index contributed by atoms with van der Waals surface area (Å²) in [5.41, 5.74) is 4.46. The van der Waals surface area contributed by atoms with E-state index in [1.54, 1.807) is 18.6 Å². The van der Waals surface area contributed by atoms with Crippen LogP contribution in [0.1, 0.15) is 11.4 Å². The van der Waals surface area contributed by atoms with E-state index in [4.69, 9.17) is 0 Å². The van der Waals surface area contributed by atoms with E-state index in [0.29, 0.717) is 5.82 Å². The van der Waals surface area contributed by atoms with Gasteiger partial charge in [-0.2, -0.15) is 10.2 Å². The van der Waals surface area contributed by atoms with Gasteiger partial charge in [0.05, 0.1) is 18.1 Å². The number of imidazole rings is 1. The fraction of sp³-hybridized carbons (Fsp3) is 0.133. The second-order valence-corrected chi connectivity index (χ2v) is 5.05. The highest BCUT2D eigenvalue weighted by Crippen LogP contribution is 2.23. The van der Waals surface area contributed by atoms with Crippen LogP contribution >= 0.6 is 0 Å². The number of rotatable bonds is 2. The van der Waals surface area contributed by atoms with Gasteiger partial charge in [-0.05, 0) is 26.0 Å². The molecule has 0 saturated carbocycles. The van der Waals surface area contributed by atoms with Gasteiger partial charge in [-0.15, -0.1) is 4.80 Å². The van der Waals surface area contributed by atoms with Crippen LogP contribution < -0.4 is 0 Å². The second-order valence-electron chi connectivity index (χ2n) is 5.05. The summed E-state index contributed by atoms with van der Waals surface area (Å²) in [5.74, 6) is 0.613. The molecule has 0 saturated heterocycles. The van der Waals surface area contributed by atoms with Crippen LogP contribution in [-0.4, -0.2) is 34.3 Å². The third-order valence-corrected chi connectivity index (χ3v) is 3.45. The molecule has 4 rings (SSSR count). The van der Waals surface area contributed by atoms with E-state index in [1.807, 2.05) is 42.8 Å². The van der Waals surface area contributed by atoms with Crippen molar-refractivity contribution in [1.29, 1.82) is 0 Å². The van der Waals surface area contributed by atoms with Crippen LogP contribution in [0.15, 0.2) is 43.1 Å². The first kappa shape index (κ1) is 12.6. The molecule has 7 heteroatoms. The average Bonchev–Trinajstić information content (AvgIpc) is 3.17. The molecular weight excluding hydrogens is 278 g/mol. The first-order valence-corrected chi connectivity index (χ1v) is 6.87. The van der Waals surface area contributed by atoms with E-state index in [9.17, 15) is 0 Å². The molecule has 0 N–H and O–H groups in total. The molecular formula is C15H13N7. The molecule has 0 aliphatic carbocycles. The van der Waals surface area contributed by atoms with E-state index in [0.717, 1.165) is 28.3 Å². The maximum atomic E-state index is 4.53. The van der Waals surface area contributed by atoms with Gasteiger partial charge in [0.2, 0.25) is 5.82 Å². The molecule has 0 fully saturated rings. The van der Waals surface area contributed by atoms with Crippen molar-refractivity contribution in [2.45, 2.75) is 13.8 Å². The lowest BCUT2D eigenvalue weighted by molar-refractivity contribution is 0.723. The van der Waals surface area contributed by atoms with Gasteiger partial charge in [-0.1, -0.05) is 0 Å². The molecule has 0 amide bonds. The Morgan fingerprint density at radius 1 is 0.955 bits per heavy atom. The molecule has 0 spiro atoms. The molecule has 7 nitrogen and oxygen atoms in total. The summed E-state index contributed by atoms with van der Waals surface area (Å²) in [7, 11) is 0. The van der Waals surface area contributed by atoms with E-state index in [-0.39, 0.29) is 0 Å². The summed E-state index contributed by atoms with van der Waals surface area (Å²) in [5, 5.41) is 8.34. The van der Waals surface area contributed by atoms with Gasteiger partial charge in [0.15, 0.2) is 0 Å². The fourth-order valence-electron chi connectivity index (χ4n) is 2.38. The quantitative estimate of drug-likeness (QED) is 0.564. The Morgan fingerprint density at radius 3 is 2.59 bits per heavy atom. The minimum Gasteiger partial charge on any atom is -0.304 e. The molecule has 108 valence electrons. The summed E-state index contributed by atoms with van der Waals surface area (Å²) in [4.78, 5) is 14.9. The number of nitrogens with zero attached hydrogens (tertiary/aromatic N) is 7. The lowest BCUT2D eigenvalue weighted by Gasteiger charge is -2.08. The van der Waals surface area contributed by atoms with Gasteiger partial charge in [-0.25, -0.2) is 9.97 Å². The van der Waals surface area contributed by atoms with Gasteiger partial charge in [-0.3, -0.25) is 4.98 Å². The summed E-state index contributed by atoms with van der Waals surface area (Å²) >= 11 is 0. The van der Waals surface area contributed by atoms with E-state index in [1.165, 1.54) is 4.80 Å². The van der Waals surface area contributed by atoms with Crippen LogP contribution in [0.5, 0.6) is 0 Å². The highest BCUT2D eigenvalue weighted by Gasteiger charge is 2.13. The number of hydrogen-bond donors (Lipinski definition) is 0. The van der Waals surface area contributed by atoms with Gasteiger partial charge >= 0.3 is 0 Å². The van der Waals surface area contributed by atoms with E-state index >= 15 is 0 Å². The van der Waals surface area contributed by atoms with Gasteiger partial charge in [0.1, 0.15) is 11.3 Å². The van der Waals surface area contributed by atoms with Crippen molar-refractivity contribution in [2.24, 2.45) is 0 Å². The van der Waals surface area contributed by atoms with Crippen molar-refractivity contribution in [3.63, 3.8) is 0 Å². The Morgan fingerprint density at radius 2 is 1.77 bits per heavy atom. The molecule has 22 heavy (non-hydrogen) atoms. The molecule has 0 radical (unpaired) electrons. The number of pyridine rings is 1. The predicted molar refractivity (Wildman–Crippen MR) is 80.6 cm³/mol. The van der Waals surface area contributed by atoms with Crippen molar-refractivity contribution < 1.29 is 0 Å². The molecule has 0 aromatic carbocycles. The van der Waals surface area contributed by atoms with E-state index in [2.05, 4.69) is 25.1 Å². The van der Waals surface area contributed by atoms with Crippen LogP contribution in [0.2, 0.25) is 0 Å². The van der Waals surface area contributed by atoms with Crippen molar-refractivity contribution in [3.8, 4) is 17.1 Å². The first-order valence-electron chi connectivity index (χ1n) is 6.87. The molecule has 4 heterocycles. The van der Waals surface area contributed by atoms with E-state index < -0.39 is 0 Å². The Kier molecular flexibility index (Phi) is 2.72. The molecule has 0 atom stereocenters. The fourth-order valence-corrected chi connectivity index (χ4v) is 2.38. The maximum Gasteiger partial charge on any atom is 0.201 e. The minimum atomic E-state index is 0.613. The lowest BCUT2D eigenvalue weighted by atomic mass is 10.2. The zero-order valence-electron chi connectivity index (χ0n) is 12.2. The third kappa shape index (κ3) is 1.95. The summed E-state index contributed by atoms with van der Waals surface area (Å²) < 4.78 is 2.02. The highest BCUT2D eigenvalue weighted by molar-refractivity contribution is 5.67. The summed E-state index contributed by atoms with van der Waals surface area (Å²) in [6.45, 7) is 3.91. The predicted octanol–water partition coefficient (Wildman–Crippen LogP) is 1.99. The summed E-state index contributed by atoms with van der Waals surface area (Å²) in [6.07, 6.45) is 8.83. The van der Waals surface area contributed by atoms with Crippen LogP contribution in [0, 0.1) is 13.8 Å². The molecule has 4 aromatic rings. The zero-order valence-corrected chi connectivity index (χ0v) is 12.2. The molecule has 0 unspecified atom stereocenters. The van der Waals surface area contributed by atoms with Crippen molar-refractivity contribution >= 4 is 5.65 Å². The molecule has 0 aliphatic heterocycles. The van der Waals surface area contributed by atoms with Crippen LogP contribution in [0.4, 0.5) is 0 Å². The Hall–Kier alpha value is -3.09. The number of aryl methyl sites for hydroxylation is 2. The minimum absolute atomic E-state index is 0.613. The van der Waals surface area contributed by atoms with Crippen LogP contribution in [-0.2, 0) is 0 Å².